The molecule has 1 aliphatic carbocycles. The largest absolute Gasteiger partial charge is 0.352 e. The van der Waals surface area contributed by atoms with Gasteiger partial charge < -0.3 is 10.2 Å². The minimum atomic E-state index is -4.16. The van der Waals surface area contributed by atoms with Gasteiger partial charge >= 0.3 is 0 Å². The van der Waals surface area contributed by atoms with E-state index in [1.165, 1.54) is 17.0 Å². The first-order chi connectivity index (χ1) is 19.2. The molecule has 212 valence electrons. The number of carbonyl (C=O) groups is 2. The van der Waals surface area contributed by atoms with Crippen LogP contribution in [-0.4, -0.2) is 43.8 Å². The quantitative estimate of drug-likeness (QED) is 0.314. The topological polar surface area (TPSA) is 86.8 Å². The number of benzene rings is 3. The third-order valence-electron chi connectivity index (χ3n) is 7.42. The van der Waals surface area contributed by atoms with Gasteiger partial charge in [0.15, 0.2) is 0 Å². The van der Waals surface area contributed by atoms with Gasteiger partial charge in [-0.3, -0.25) is 13.9 Å². The second kappa shape index (κ2) is 13.3. The summed E-state index contributed by atoms with van der Waals surface area (Å²) in [5.74, 6) is -0.706. The number of rotatable bonds is 11. The van der Waals surface area contributed by atoms with Crippen molar-refractivity contribution in [3.63, 3.8) is 0 Å². The fourth-order valence-electron chi connectivity index (χ4n) is 5.15. The van der Waals surface area contributed by atoms with E-state index < -0.39 is 28.5 Å². The first-order valence-corrected chi connectivity index (χ1v) is 15.5. The van der Waals surface area contributed by atoms with E-state index in [2.05, 4.69) is 5.32 Å². The number of nitrogens with zero attached hydrogens (tertiary/aromatic N) is 2. The molecule has 0 heterocycles. The van der Waals surface area contributed by atoms with E-state index in [0.29, 0.717) is 6.42 Å². The molecular weight excluding hydrogens is 546 g/mol. The molecule has 0 unspecified atom stereocenters. The molecule has 1 N–H and O–H groups in total. The highest BCUT2D eigenvalue weighted by Gasteiger charge is 2.35. The van der Waals surface area contributed by atoms with Crippen LogP contribution in [0.15, 0.2) is 83.8 Å². The molecule has 0 aliphatic heterocycles. The van der Waals surface area contributed by atoms with E-state index in [-0.39, 0.29) is 34.1 Å². The zero-order chi connectivity index (χ0) is 28.7. The van der Waals surface area contributed by atoms with Crippen LogP contribution < -0.4 is 9.62 Å². The van der Waals surface area contributed by atoms with Gasteiger partial charge in [0, 0.05) is 12.6 Å². The second-order valence-electron chi connectivity index (χ2n) is 10.1. The zero-order valence-electron chi connectivity index (χ0n) is 22.9. The van der Waals surface area contributed by atoms with Crippen LogP contribution in [0.2, 0.25) is 5.02 Å². The van der Waals surface area contributed by atoms with E-state index >= 15 is 0 Å². The summed E-state index contributed by atoms with van der Waals surface area (Å²) in [6.45, 7) is 3.47. The molecule has 3 aromatic rings. The molecule has 4 rings (SSSR count). The van der Waals surface area contributed by atoms with E-state index in [4.69, 9.17) is 11.6 Å². The van der Waals surface area contributed by atoms with Gasteiger partial charge in [-0.25, -0.2) is 8.42 Å². The molecule has 0 spiro atoms. The molecule has 7 nitrogen and oxygen atoms in total. The van der Waals surface area contributed by atoms with Crippen molar-refractivity contribution in [2.24, 2.45) is 0 Å². The molecule has 3 aromatic carbocycles. The predicted molar refractivity (Wildman–Crippen MR) is 159 cm³/mol. The number of amides is 2. The average Bonchev–Trinajstić information content (AvgIpc) is 3.46. The molecule has 0 bridgehead atoms. The van der Waals surface area contributed by atoms with Crippen molar-refractivity contribution in [2.45, 2.75) is 69.5 Å². The van der Waals surface area contributed by atoms with Gasteiger partial charge in [0.2, 0.25) is 11.8 Å². The van der Waals surface area contributed by atoms with Crippen LogP contribution >= 0.6 is 11.6 Å². The molecule has 1 atom stereocenters. The molecule has 2 amide bonds. The lowest BCUT2D eigenvalue weighted by molar-refractivity contribution is -0.140. The van der Waals surface area contributed by atoms with Gasteiger partial charge in [-0.1, -0.05) is 86.0 Å². The van der Waals surface area contributed by atoms with Crippen LogP contribution in [0.5, 0.6) is 0 Å². The first kappa shape index (κ1) is 29.6. The number of hydrogen-bond donors (Lipinski definition) is 1. The highest BCUT2D eigenvalue weighted by Crippen LogP contribution is 2.31. The standard InChI is InChI=1S/C31H36ClN3O4S/c1-3-28(31(37)33-25-15-9-10-16-25)34(21-24-14-8-7-13-23(24)2)30(36)22-35(29-20-12-11-19-27(29)32)40(38,39)26-17-5-4-6-18-26/h4-8,11-14,17-20,25,28H,3,9-10,15-16,21-22H2,1-2H3,(H,33,37)/t28-/m1/s1. The van der Waals surface area contributed by atoms with Crippen LogP contribution in [-0.2, 0) is 26.2 Å². The van der Waals surface area contributed by atoms with E-state index in [1.54, 1.807) is 42.5 Å². The second-order valence-corrected chi connectivity index (χ2v) is 12.4. The Morgan fingerprint density at radius 1 is 0.950 bits per heavy atom. The lowest BCUT2D eigenvalue weighted by Gasteiger charge is -2.34. The summed E-state index contributed by atoms with van der Waals surface area (Å²) in [6.07, 6.45) is 4.36. The molecular formula is C31H36ClN3O4S. The van der Waals surface area contributed by atoms with Crippen molar-refractivity contribution in [3.05, 3.63) is 95.0 Å². The van der Waals surface area contributed by atoms with E-state index in [0.717, 1.165) is 41.1 Å². The van der Waals surface area contributed by atoms with Crippen LogP contribution in [0, 0.1) is 6.92 Å². The number of carbonyl (C=O) groups excluding carboxylic acids is 2. The molecule has 9 heteroatoms. The Balaban J connectivity index is 1.72. The molecule has 40 heavy (non-hydrogen) atoms. The maximum Gasteiger partial charge on any atom is 0.264 e. The van der Waals surface area contributed by atoms with Crippen molar-refractivity contribution < 1.29 is 18.0 Å². The molecule has 0 aromatic heterocycles. The first-order valence-electron chi connectivity index (χ1n) is 13.7. The third-order valence-corrected chi connectivity index (χ3v) is 9.51. The Morgan fingerprint density at radius 3 is 2.23 bits per heavy atom. The van der Waals surface area contributed by atoms with Crippen LogP contribution in [0.4, 0.5) is 5.69 Å². The van der Waals surface area contributed by atoms with Crippen molar-refractivity contribution in [1.29, 1.82) is 0 Å². The Labute approximate surface area is 242 Å². The smallest absolute Gasteiger partial charge is 0.264 e. The zero-order valence-corrected chi connectivity index (χ0v) is 24.5. The molecule has 1 saturated carbocycles. The predicted octanol–water partition coefficient (Wildman–Crippen LogP) is 5.71. The Hall–Kier alpha value is -3.36. The number of anilines is 1. The maximum atomic E-state index is 14.2. The summed E-state index contributed by atoms with van der Waals surface area (Å²) in [5.41, 5.74) is 2.06. The van der Waals surface area contributed by atoms with Gasteiger partial charge in [0.05, 0.1) is 15.6 Å². The lowest BCUT2D eigenvalue weighted by Crippen LogP contribution is -2.53. The van der Waals surface area contributed by atoms with E-state index in [1.807, 2.05) is 38.1 Å². The fourth-order valence-corrected chi connectivity index (χ4v) is 6.89. The lowest BCUT2D eigenvalue weighted by atomic mass is 10.1. The number of nitrogens with one attached hydrogen (secondary N) is 1. The summed E-state index contributed by atoms with van der Waals surface area (Å²) in [5, 5.41) is 3.33. The Morgan fingerprint density at radius 2 is 1.57 bits per heavy atom. The SMILES string of the molecule is CC[C@H](C(=O)NC1CCCC1)N(Cc1ccccc1C)C(=O)CN(c1ccccc1Cl)S(=O)(=O)c1ccccc1. The summed E-state index contributed by atoms with van der Waals surface area (Å²) in [4.78, 5) is 29.2. The van der Waals surface area contributed by atoms with Gasteiger partial charge in [0.1, 0.15) is 12.6 Å². The van der Waals surface area contributed by atoms with Crippen LogP contribution in [0.3, 0.4) is 0 Å². The Kier molecular flexibility index (Phi) is 9.87. The molecule has 0 saturated heterocycles. The van der Waals surface area contributed by atoms with Gasteiger partial charge in [-0.15, -0.1) is 0 Å². The highest BCUT2D eigenvalue weighted by atomic mass is 35.5. The minimum Gasteiger partial charge on any atom is -0.352 e. The molecule has 0 radical (unpaired) electrons. The number of aryl methyl sites for hydroxylation is 1. The monoisotopic (exact) mass is 581 g/mol. The number of halogens is 1. The minimum absolute atomic E-state index is 0.0409. The third kappa shape index (κ3) is 6.85. The van der Waals surface area contributed by atoms with Crippen molar-refractivity contribution >= 4 is 39.1 Å². The number of sulfonamides is 1. The summed E-state index contributed by atoms with van der Waals surface area (Å²) < 4.78 is 28.8. The van der Waals surface area contributed by atoms with Crippen molar-refractivity contribution in [2.75, 3.05) is 10.8 Å². The highest BCUT2D eigenvalue weighted by molar-refractivity contribution is 7.92. The van der Waals surface area contributed by atoms with Crippen LogP contribution in [0.25, 0.3) is 0 Å². The number of hydrogen-bond acceptors (Lipinski definition) is 4. The summed E-state index contributed by atoms with van der Waals surface area (Å²) in [6, 6.07) is 21.5. The van der Waals surface area contributed by atoms with E-state index in [9.17, 15) is 18.0 Å². The van der Waals surface area contributed by atoms with Gasteiger partial charge in [-0.2, -0.15) is 0 Å². The van der Waals surface area contributed by atoms with Gasteiger partial charge in [0.25, 0.3) is 10.0 Å². The number of para-hydroxylation sites is 1. The summed E-state index contributed by atoms with van der Waals surface area (Å²) in [7, 11) is -4.16. The summed E-state index contributed by atoms with van der Waals surface area (Å²) >= 11 is 6.47. The molecule has 1 fully saturated rings. The van der Waals surface area contributed by atoms with Gasteiger partial charge in [-0.05, 0) is 61.6 Å². The van der Waals surface area contributed by atoms with Crippen LogP contribution in [0.1, 0.15) is 50.2 Å². The Bertz CT molecular complexity index is 1430. The normalized spacial score (nSPS) is 14.5. The molecule has 1 aliphatic rings. The fraction of sp³-hybridized carbons (Fsp3) is 0.355. The average molecular weight is 582 g/mol. The van der Waals surface area contributed by atoms with Crippen molar-refractivity contribution in [1.82, 2.24) is 10.2 Å². The maximum absolute atomic E-state index is 14.2. The van der Waals surface area contributed by atoms with Crippen molar-refractivity contribution in [3.8, 4) is 0 Å².